The molecule has 2 N–H and O–H groups in total. The predicted octanol–water partition coefficient (Wildman–Crippen LogP) is 1.38. The zero-order chi connectivity index (χ0) is 15.1. The van der Waals surface area contributed by atoms with Crippen molar-refractivity contribution in [3.8, 4) is 0 Å². The Bertz CT molecular complexity index is 556. The highest BCUT2D eigenvalue weighted by Gasteiger charge is 2.26. The Labute approximate surface area is 124 Å². The maximum absolute atomic E-state index is 11.6. The van der Waals surface area contributed by atoms with Crippen molar-refractivity contribution in [3.63, 3.8) is 0 Å². The normalized spacial score (nSPS) is 14.7. The molecule has 0 aliphatic heterocycles. The van der Waals surface area contributed by atoms with E-state index in [9.17, 15) is 13.2 Å². The van der Waals surface area contributed by atoms with Gasteiger partial charge in [0.1, 0.15) is 6.61 Å². The second kappa shape index (κ2) is 7.42. The average Bonchev–Trinajstić information content (AvgIpc) is 3.26. The standard InChI is InChI=1S/C14H20N2O4S/c17-14(20-11-12-5-2-1-3-6-12)15-9-4-10-21(18,19)16-13-7-8-13/h1-3,5-6,13,16H,4,7-11H2,(H,15,17). The molecule has 0 saturated heterocycles. The van der Waals surface area contributed by atoms with Crippen LogP contribution in [-0.4, -0.2) is 32.9 Å². The lowest BCUT2D eigenvalue weighted by atomic mass is 10.2. The van der Waals surface area contributed by atoms with Gasteiger partial charge in [-0.3, -0.25) is 0 Å². The van der Waals surface area contributed by atoms with Gasteiger partial charge in [0.2, 0.25) is 10.0 Å². The Morgan fingerprint density at radius 2 is 1.95 bits per heavy atom. The van der Waals surface area contributed by atoms with E-state index in [2.05, 4.69) is 10.0 Å². The van der Waals surface area contributed by atoms with Crippen molar-refractivity contribution in [2.75, 3.05) is 12.3 Å². The van der Waals surface area contributed by atoms with E-state index >= 15 is 0 Å². The Hall–Kier alpha value is -1.60. The molecule has 0 unspecified atom stereocenters. The van der Waals surface area contributed by atoms with Gasteiger partial charge in [-0.15, -0.1) is 0 Å². The van der Waals surface area contributed by atoms with Crippen LogP contribution >= 0.6 is 0 Å². The maximum atomic E-state index is 11.6. The predicted molar refractivity (Wildman–Crippen MR) is 79.2 cm³/mol. The summed E-state index contributed by atoms with van der Waals surface area (Å²) in [7, 11) is -3.21. The molecule has 6 nitrogen and oxygen atoms in total. The average molecular weight is 312 g/mol. The quantitative estimate of drug-likeness (QED) is 0.710. The molecule has 0 spiro atoms. The van der Waals surface area contributed by atoms with Crippen LogP contribution in [0.15, 0.2) is 30.3 Å². The van der Waals surface area contributed by atoms with Crippen molar-refractivity contribution in [3.05, 3.63) is 35.9 Å². The van der Waals surface area contributed by atoms with E-state index in [0.717, 1.165) is 18.4 Å². The van der Waals surface area contributed by atoms with Crippen molar-refractivity contribution in [1.82, 2.24) is 10.0 Å². The van der Waals surface area contributed by atoms with Crippen molar-refractivity contribution < 1.29 is 17.9 Å². The summed E-state index contributed by atoms with van der Waals surface area (Å²) in [6.07, 6.45) is 1.67. The van der Waals surface area contributed by atoms with Crippen molar-refractivity contribution in [2.24, 2.45) is 0 Å². The minimum absolute atomic E-state index is 0.0163. The molecule has 0 heterocycles. The van der Waals surface area contributed by atoms with Gasteiger partial charge in [-0.1, -0.05) is 30.3 Å². The number of ether oxygens (including phenoxy) is 1. The molecule has 1 fully saturated rings. The van der Waals surface area contributed by atoms with Gasteiger partial charge in [-0.05, 0) is 24.8 Å². The number of alkyl carbamates (subject to hydrolysis) is 1. The monoisotopic (exact) mass is 312 g/mol. The van der Waals surface area contributed by atoms with E-state index in [1.54, 1.807) is 0 Å². The summed E-state index contributed by atoms with van der Waals surface area (Å²) in [6.45, 7) is 0.480. The number of nitrogens with one attached hydrogen (secondary N) is 2. The number of benzene rings is 1. The van der Waals surface area contributed by atoms with Crippen molar-refractivity contribution in [2.45, 2.75) is 31.9 Å². The van der Waals surface area contributed by atoms with Gasteiger partial charge < -0.3 is 10.1 Å². The Morgan fingerprint density at radius 1 is 1.24 bits per heavy atom. The van der Waals surface area contributed by atoms with Crippen LogP contribution in [0.5, 0.6) is 0 Å². The molecular weight excluding hydrogens is 292 g/mol. The smallest absolute Gasteiger partial charge is 0.407 e. The lowest BCUT2D eigenvalue weighted by Gasteiger charge is -2.08. The molecule has 1 aliphatic rings. The zero-order valence-electron chi connectivity index (χ0n) is 11.7. The maximum Gasteiger partial charge on any atom is 0.407 e. The zero-order valence-corrected chi connectivity index (χ0v) is 12.6. The first-order chi connectivity index (χ1) is 10.1. The van der Waals surface area contributed by atoms with Crippen molar-refractivity contribution >= 4 is 16.1 Å². The number of amides is 1. The highest BCUT2D eigenvalue weighted by Crippen LogP contribution is 2.19. The lowest BCUT2D eigenvalue weighted by Crippen LogP contribution is -2.31. The number of carbonyl (C=O) groups is 1. The van der Waals surface area contributed by atoms with Crippen molar-refractivity contribution in [1.29, 1.82) is 0 Å². The highest BCUT2D eigenvalue weighted by atomic mass is 32.2. The number of rotatable bonds is 8. The van der Waals surface area contributed by atoms with Crippen LogP contribution in [0.1, 0.15) is 24.8 Å². The number of sulfonamides is 1. The summed E-state index contributed by atoms with van der Waals surface area (Å²) in [4.78, 5) is 11.4. The summed E-state index contributed by atoms with van der Waals surface area (Å²) in [6, 6.07) is 9.48. The minimum atomic E-state index is -3.21. The van der Waals surface area contributed by atoms with E-state index < -0.39 is 16.1 Å². The minimum Gasteiger partial charge on any atom is -0.445 e. The molecule has 7 heteroatoms. The van der Waals surface area contributed by atoms with Gasteiger partial charge >= 0.3 is 6.09 Å². The van der Waals surface area contributed by atoms with Gasteiger partial charge in [0, 0.05) is 12.6 Å². The van der Waals surface area contributed by atoms with Gasteiger partial charge in [0.15, 0.2) is 0 Å². The fraction of sp³-hybridized carbons (Fsp3) is 0.500. The summed E-state index contributed by atoms with van der Waals surface area (Å²) in [5.41, 5.74) is 0.906. The van der Waals surface area contributed by atoms with Crippen LogP contribution in [-0.2, 0) is 21.4 Å². The van der Waals surface area contributed by atoms with E-state index in [4.69, 9.17) is 4.74 Å². The molecule has 0 atom stereocenters. The highest BCUT2D eigenvalue weighted by molar-refractivity contribution is 7.89. The van der Waals surface area contributed by atoms with Gasteiger partial charge in [-0.2, -0.15) is 0 Å². The van der Waals surface area contributed by atoms with Crippen LogP contribution < -0.4 is 10.0 Å². The molecule has 0 aromatic heterocycles. The Balaban J connectivity index is 1.56. The largest absolute Gasteiger partial charge is 0.445 e. The third-order valence-corrected chi connectivity index (χ3v) is 4.51. The second-order valence-electron chi connectivity index (χ2n) is 5.05. The fourth-order valence-corrected chi connectivity index (χ4v) is 3.13. The third kappa shape index (κ3) is 6.59. The van der Waals surface area contributed by atoms with Gasteiger partial charge in [0.05, 0.1) is 5.75 Å². The molecule has 1 aliphatic carbocycles. The second-order valence-corrected chi connectivity index (χ2v) is 6.93. The summed E-state index contributed by atoms with van der Waals surface area (Å²) in [5, 5.41) is 2.54. The summed E-state index contributed by atoms with van der Waals surface area (Å²) < 4.78 is 30.8. The third-order valence-electron chi connectivity index (χ3n) is 3.00. The van der Waals surface area contributed by atoms with Crippen LogP contribution in [0.25, 0.3) is 0 Å². The first-order valence-electron chi connectivity index (χ1n) is 7.00. The summed E-state index contributed by atoms with van der Waals surface area (Å²) >= 11 is 0. The first kappa shape index (κ1) is 15.8. The molecule has 116 valence electrons. The Morgan fingerprint density at radius 3 is 2.62 bits per heavy atom. The van der Waals surface area contributed by atoms with Crippen LogP contribution in [0.4, 0.5) is 4.79 Å². The number of hydrogen-bond acceptors (Lipinski definition) is 4. The molecule has 1 aromatic rings. The van der Waals surface area contributed by atoms with Crippen LogP contribution in [0, 0.1) is 0 Å². The summed E-state index contributed by atoms with van der Waals surface area (Å²) in [5.74, 6) is 0.0163. The molecule has 0 bridgehead atoms. The topological polar surface area (TPSA) is 84.5 Å². The Kier molecular flexibility index (Phi) is 5.58. The molecule has 0 radical (unpaired) electrons. The van der Waals surface area contributed by atoms with Crippen LogP contribution in [0.3, 0.4) is 0 Å². The molecule has 1 amide bonds. The first-order valence-corrected chi connectivity index (χ1v) is 8.65. The molecular formula is C14H20N2O4S. The van der Waals surface area contributed by atoms with E-state index in [0.29, 0.717) is 6.42 Å². The van der Waals surface area contributed by atoms with Gasteiger partial charge in [0.25, 0.3) is 0 Å². The molecule has 1 saturated carbocycles. The fourth-order valence-electron chi connectivity index (χ4n) is 1.74. The van der Waals surface area contributed by atoms with E-state index in [1.807, 2.05) is 30.3 Å². The molecule has 2 rings (SSSR count). The van der Waals surface area contributed by atoms with Crippen LogP contribution in [0.2, 0.25) is 0 Å². The van der Waals surface area contributed by atoms with E-state index in [1.165, 1.54) is 0 Å². The lowest BCUT2D eigenvalue weighted by molar-refractivity contribution is 0.139. The molecule has 1 aromatic carbocycles. The molecule has 21 heavy (non-hydrogen) atoms. The van der Waals surface area contributed by atoms with Gasteiger partial charge in [-0.25, -0.2) is 17.9 Å². The number of carbonyl (C=O) groups excluding carboxylic acids is 1. The SMILES string of the molecule is O=C(NCCCS(=O)(=O)NC1CC1)OCc1ccccc1. The van der Waals surface area contributed by atoms with E-state index in [-0.39, 0.29) is 24.9 Å². The number of hydrogen-bond donors (Lipinski definition) is 2.